The molecule has 0 amide bonds. The van der Waals surface area contributed by atoms with E-state index in [2.05, 4.69) is 25.5 Å². The van der Waals surface area contributed by atoms with Gasteiger partial charge in [0.25, 0.3) is 0 Å². The molecule has 0 aliphatic heterocycles. The van der Waals surface area contributed by atoms with Gasteiger partial charge in [-0.05, 0) is 24.1 Å². The number of H-pyrrole nitrogens is 1. The number of anilines is 1. The van der Waals surface area contributed by atoms with E-state index in [1.165, 1.54) is 16.3 Å². The zero-order chi connectivity index (χ0) is 13.1. The van der Waals surface area contributed by atoms with E-state index in [4.69, 9.17) is 0 Å². The number of hydrogen-bond acceptors (Lipinski definition) is 5. The molecule has 3 aromatic heterocycles. The van der Waals surface area contributed by atoms with Gasteiger partial charge in [0.15, 0.2) is 5.65 Å². The molecular weight excluding hydrogens is 244 g/mol. The summed E-state index contributed by atoms with van der Waals surface area (Å²) in [5.41, 5.74) is 1.47. The van der Waals surface area contributed by atoms with E-state index in [1.807, 2.05) is 12.1 Å². The van der Waals surface area contributed by atoms with Crippen molar-refractivity contribution in [2.75, 3.05) is 11.9 Å². The maximum absolute atomic E-state index is 11.3. The summed E-state index contributed by atoms with van der Waals surface area (Å²) in [5.74, 6) is 0.695. The Labute approximate surface area is 108 Å². The molecule has 0 saturated heterocycles. The molecule has 7 heteroatoms. The number of nitrogens with zero attached hydrogens (tertiary/aromatic N) is 4. The van der Waals surface area contributed by atoms with Gasteiger partial charge in [0.2, 0.25) is 0 Å². The number of hydrogen-bond donors (Lipinski definition) is 2. The molecule has 3 heterocycles. The zero-order valence-electron chi connectivity index (χ0n) is 10.1. The minimum Gasteiger partial charge on any atom is -0.370 e. The summed E-state index contributed by atoms with van der Waals surface area (Å²) in [5, 5.41) is 9.44. The van der Waals surface area contributed by atoms with Crippen molar-refractivity contribution in [2.45, 2.75) is 6.42 Å². The standard InChI is InChI=1S/C12H12N6O/c19-12-17-16-11-7-10(15-8-18(11)12)14-6-3-9-1-4-13-5-2-9/h1-2,4-5,7-8,14H,3,6H2,(H,17,19). The quantitative estimate of drug-likeness (QED) is 0.708. The SMILES string of the molecule is O=c1[nH]nc2cc(NCCc3ccncc3)ncn12. The molecule has 96 valence electrons. The second-order valence-electron chi connectivity index (χ2n) is 4.06. The molecule has 0 fully saturated rings. The number of pyridine rings is 1. The van der Waals surface area contributed by atoms with E-state index in [1.54, 1.807) is 18.5 Å². The van der Waals surface area contributed by atoms with Crippen molar-refractivity contribution in [3.05, 3.63) is 53.0 Å². The number of aromatic amines is 1. The Kier molecular flexibility index (Phi) is 2.93. The molecule has 0 spiro atoms. The minimum absolute atomic E-state index is 0.286. The predicted octanol–water partition coefficient (Wildman–Crippen LogP) is 0.467. The summed E-state index contributed by atoms with van der Waals surface area (Å²) in [7, 11) is 0. The molecule has 0 saturated carbocycles. The van der Waals surface area contributed by atoms with Crippen molar-refractivity contribution in [3.8, 4) is 0 Å². The summed E-state index contributed by atoms with van der Waals surface area (Å²) in [6.07, 6.45) is 5.88. The third-order valence-corrected chi connectivity index (χ3v) is 2.78. The Morgan fingerprint density at radius 2 is 2.16 bits per heavy atom. The van der Waals surface area contributed by atoms with Crippen molar-refractivity contribution in [3.63, 3.8) is 0 Å². The van der Waals surface area contributed by atoms with Gasteiger partial charge in [0, 0.05) is 25.0 Å². The normalized spacial score (nSPS) is 10.7. The molecule has 0 bridgehead atoms. The highest BCUT2D eigenvalue weighted by Crippen LogP contribution is 2.05. The second kappa shape index (κ2) is 4.89. The van der Waals surface area contributed by atoms with E-state index in [9.17, 15) is 4.79 Å². The van der Waals surface area contributed by atoms with Crippen LogP contribution >= 0.6 is 0 Å². The molecule has 0 radical (unpaired) electrons. The van der Waals surface area contributed by atoms with Crippen LogP contribution in [0.4, 0.5) is 5.82 Å². The summed E-state index contributed by atoms with van der Waals surface area (Å²) in [4.78, 5) is 19.4. The Balaban J connectivity index is 1.67. The molecule has 0 aliphatic carbocycles. The van der Waals surface area contributed by atoms with Crippen molar-refractivity contribution >= 4 is 11.5 Å². The summed E-state index contributed by atoms with van der Waals surface area (Å²) in [6, 6.07) is 5.68. The highest BCUT2D eigenvalue weighted by atomic mass is 16.1. The van der Waals surface area contributed by atoms with Crippen LogP contribution in [0.2, 0.25) is 0 Å². The van der Waals surface area contributed by atoms with E-state index < -0.39 is 0 Å². The Morgan fingerprint density at radius 1 is 1.32 bits per heavy atom. The van der Waals surface area contributed by atoms with Crippen molar-refractivity contribution < 1.29 is 0 Å². The highest BCUT2D eigenvalue weighted by molar-refractivity contribution is 5.48. The molecule has 0 aromatic carbocycles. The van der Waals surface area contributed by atoms with Gasteiger partial charge in [-0.25, -0.2) is 19.3 Å². The third kappa shape index (κ3) is 2.44. The van der Waals surface area contributed by atoms with Gasteiger partial charge in [-0.1, -0.05) is 0 Å². The van der Waals surface area contributed by atoms with Crippen molar-refractivity contribution in [2.24, 2.45) is 0 Å². The minimum atomic E-state index is -0.286. The maximum atomic E-state index is 11.3. The van der Waals surface area contributed by atoms with Crippen LogP contribution in [-0.4, -0.2) is 31.1 Å². The monoisotopic (exact) mass is 256 g/mol. The molecule has 3 aromatic rings. The van der Waals surface area contributed by atoms with Crippen LogP contribution in [-0.2, 0) is 6.42 Å². The Bertz CT molecular complexity index is 733. The first kappa shape index (κ1) is 11.4. The molecule has 0 atom stereocenters. The summed E-state index contributed by atoms with van der Waals surface area (Å²) in [6.45, 7) is 0.752. The van der Waals surface area contributed by atoms with Gasteiger partial charge in [-0.15, -0.1) is 0 Å². The topological polar surface area (TPSA) is 88.0 Å². The number of rotatable bonds is 4. The van der Waals surface area contributed by atoms with Crippen molar-refractivity contribution in [1.82, 2.24) is 24.6 Å². The first-order valence-electron chi connectivity index (χ1n) is 5.88. The number of aromatic nitrogens is 5. The highest BCUT2D eigenvalue weighted by Gasteiger charge is 2.01. The van der Waals surface area contributed by atoms with Gasteiger partial charge in [-0.2, -0.15) is 5.10 Å². The van der Waals surface area contributed by atoms with E-state index in [0.717, 1.165) is 13.0 Å². The lowest BCUT2D eigenvalue weighted by Crippen LogP contribution is -2.11. The molecule has 0 aliphatic rings. The summed E-state index contributed by atoms with van der Waals surface area (Å²) >= 11 is 0. The van der Waals surface area contributed by atoms with Gasteiger partial charge in [-0.3, -0.25) is 4.98 Å². The lowest BCUT2D eigenvalue weighted by molar-refractivity contribution is 0.973. The average Bonchev–Trinajstić information content (AvgIpc) is 2.81. The summed E-state index contributed by atoms with van der Waals surface area (Å²) < 4.78 is 1.36. The van der Waals surface area contributed by atoms with Gasteiger partial charge in [0.1, 0.15) is 12.1 Å². The largest absolute Gasteiger partial charge is 0.370 e. The predicted molar refractivity (Wildman–Crippen MR) is 70.0 cm³/mol. The van der Waals surface area contributed by atoms with Gasteiger partial charge in [0.05, 0.1) is 0 Å². The third-order valence-electron chi connectivity index (χ3n) is 2.78. The molecule has 2 N–H and O–H groups in total. The van der Waals surface area contributed by atoms with Crippen molar-refractivity contribution in [1.29, 1.82) is 0 Å². The molecule has 19 heavy (non-hydrogen) atoms. The van der Waals surface area contributed by atoms with E-state index >= 15 is 0 Å². The van der Waals surface area contributed by atoms with Gasteiger partial charge < -0.3 is 5.32 Å². The van der Waals surface area contributed by atoms with E-state index in [-0.39, 0.29) is 5.69 Å². The van der Waals surface area contributed by atoms with Gasteiger partial charge >= 0.3 is 5.69 Å². The van der Waals surface area contributed by atoms with Crippen LogP contribution in [0.5, 0.6) is 0 Å². The Morgan fingerprint density at radius 3 is 3.00 bits per heavy atom. The fourth-order valence-electron chi connectivity index (χ4n) is 1.79. The van der Waals surface area contributed by atoms with Crippen LogP contribution in [0.1, 0.15) is 5.56 Å². The number of nitrogens with one attached hydrogen (secondary N) is 2. The van der Waals surface area contributed by atoms with Crippen LogP contribution in [0, 0.1) is 0 Å². The molecular formula is C12H12N6O. The lowest BCUT2D eigenvalue weighted by atomic mass is 10.2. The Hall–Kier alpha value is -2.70. The van der Waals surface area contributed by atoms with Crippen LogP contribution in [0.15, 0.2) is 41.7 Å². The molecule has 0 unspecified atom stereocenters. The second-order valence-corrected chi connectivity index (χ2v) is 4.06. The maximum Gasteiger partial charge on any atom is 0.348 e. The van der Waals surface area contributed by atoms with Crippen LogP contribution < -0.4 is 11.0 Å². The first-order valence-corrected chi connectivity index (χ1v) is 5.88. The van der Waals surface area contributed by atoms with E-state index in [0.29, 0.717) is 11.5 Å². The molecule has 7 nitrogen and oxygen atoms in total. The van der Waals surface area contributed by atoms with Crippen LogP contribution in [0.3, 0.4) is 0 Å². The fourth-order valence-corrected chi connectivity index (χ4v) is 1.79. The zero-order valence-corrected chi connectivity index (χ0v) is 10.1. The fraction of sp³-hybridized carbons (Fsp3) is 0.167. The first-order chi connectivity index (χ1) is 9.33. The average molecular weight is 256 g/mol. The molecule has 3 rings (SSSR count). The lowest BCUT2D eigenvalue weighted by Gasteiger charge is -2.05. The number of fused-ring (bicyclic) bond motifs is 1. The van der Waals surface area contributed by atoms with Crippen LogP contribution in [0.25, 0.3) is 5.65 Å². The smallest absolute Gasteiger partial charge is 0.348 e.